The van der Waals surface area contributed by atoms with Gasteiger partial charge in [-0.1, -0.05) is 19.1 Å². The zero-order valence-electron chi connectivity index (χ0n) is 22.3. The predicted molar refractivity (Wildman–Crippen MR) is 142 cm³/mol. The summed E-state index contributed by atoms with van der Waals surface area (Å²) in [5, 5.41) is 3.98. The van der Waals surface area contributed by atoms with Gasteiger partial charge in [-0.25, -0.2) is 15.0 Å². The van der Waals surface area contributed by atoms with Gasteiger partial charge in [-0.3, -0.25) is 24.5 Å². The van der Waals surface area contributed by atoms with Crippen molar-refractivity contribution < 1.29 is 28.3 Å². The minimum absolute atomic E-state index is 0.166. The van der Waals surface area contributed by atoms with Crippen LogP contribution in [-0.2, 0) is 20.8 Å². The van der Waals surface area contributed by atoms with E-state index in [9.17, 15) is 19.2 Å². The lowest BCUT2D eigenvalue weighted by Crippen LogP contribution is -2.46. The van der Waals surface area contributed by atoms with Crippen LogP contribution in [0, 0.1) is 0 Å². The summed E-state index contributed by atoms with van der Waals surface area (Å²) in [5.41, 5.74) is 4.56. The molecule has 0 saturated heterocycles. The Hall–Kier alpha value is -4.12. The van der Waals surface area contributed by atoms with Crippen molar-refractivity contribution in [2.45, 2.75) is 53.2 Å². The van der Waals surface area contributed by atoms with Crippen LogP contribution in [0.1, 0.15) is 57.0 Å². The number of aromatic nitrogens is 1. The Balaban J connectivity index is 1.78. The lowest BCUT2D eigenvalue weighted by atomic mass is 10.1. The Bertz CT molecular complexity index is 1350. The summed E-state index contributed by atoms with van der Waals surface area (Å²) in [6.45, 7) is 9.58. The van der Waals surface area contributed by atoms with Crippen molar-refractivity contribution in [1.29, 1.82) is 0 Å². The number of hydrogen-bond donors (Lipinski definition) is 2. The van der Waals surface area contributed by atoms with Crippen molar-refractivity contribution in [3.05, 3.63) is 64.1 Å². The molecule has 0 fully saturated rings. The first-order valence-corrected chi connectivity index (χ1v) is 12.4. The van der Waals surface area contributed by atoms with Crippen LogP contribution in [0.15, 0.2) is 51.7 Å². The minimum atomic E-state index is -0.632. The maximum Gasteiger partial charge on any atom is 0.420 e. The second-order valence-electron chi connectivity index (χ2n) is 9.56. The first-order valence-electron chi connectivity index (χ1n) is 12.4. The highest BCUT2D eigenvalue weighted by atomic mass is 16.6. The molecule has 2 N–H and O–H groups in total. The first kappa shape index (κ1) is 28.5. The van der Waals surface area contributed by atoms with Crippen molar-refractivity contribution in [3.8, 4) is 0 Å². The highest BCUT2D eigenvalue weighted by Crippen LogP contribution is 2.19. The molecule has 0 bridgehead atoms. The number of fused-ring (bicyclic) bond motifs is 1. The molecule has 0 radical (unpaired) electrons. The molecule has 0 atom stereocenters. The van der Waals surface area contributed by atoms with Gasteiger partial charge in [0.1, 0.15) is 12.1 Å². The molecule has 1 aromatic heterocycles. The summed E-state index contributed by atoms with van der Waals surface area (Å²) in [5.74, 6) is -1.43. The third-order valence-corrected chi connectivity index (χ3v) is 5.23. The number of nitrogens with one attached hydrogen (secondary N) is 2. The molecule has 11 heteroatoms. The van der Waals surface area contributed by atoms with Gasteiger partial charge in [0.25, 0.3) is 5.91 Å². The Morgan fingerprint density at radius 3 is 2.53 bits per heavy atom. The van der Waals surface area contributed by atoms with Crippen molar-refractivity contribution in [3.63, 3.8) is 0 Å². The maximum absolute atomic E-state index is 13.2. The number of benzene rings is 2. The quantitative estimate of drug-likeness (QED) is 0.300. The van der Waals surface area contributed by atoms with Gasteiger partial charge in [-0.05, 0) is 70.0 Å². The molecule has 2 aromatic carbocycles. The zero-order valence-corrected chi connectivity index (χ0v) is 22.3. The first-order chi connectivity index (χ1) is 18.0. The molecule has 0 aliphatic carbocycles. The smallest absolute Gasteiger partial charge is 0.420 e. The molecule has 1 heterocycles. The van der Waals surface area contributed by atoms with Crippen molar-refractivity contribution in [2.24, 2.45) is 0 Å². The zero-order chi connectivity index (χ0) is 27.9. The van der Waals surface area contributed by atoms with E-state index >= 15 is 0 Å². The number of amides is 2. The average Bonchev–Trinajstić information content (AvgIpc) is 3.14. The SMILES string of the molecule is CCCN(NCC(=O)OC(C)(C)C)C(=O)c1ccc2c(c1)oc(=O)n2Cc1cccc(NC(=O)OCC)c1. The summed E-state index contributed by atoms with van der Waals surface area (Å²) in [6, 6.07) is 11.8. The third kappa shape index (κ3) is 7.69. The highest BCUT2D eigenvalue weighted by Gasteiger charge is 2.21. The van der Waals surface area contributed by atoms with E-state index in [1.807, 2.05) is 13.0 Å². The van der Waals surface area contributed by atoms with Gasteiger partial charge < -0.3 is 13.9 Å². The molecule has 2 amide bonds. The number of ether oxygens (including phenoxy) is 2. The fourth-order valence-electron chi connectivity index (χ4n) is 3.73. The molecule has 0 aliphatic heterocycles. The van der Waals surface area contributed by atoms with E-state index in [0.717, 1.165) is 5.56 Å². The van der Waals surface area contributed by atoms with E-state index in [2.05, 4.69) is 10.7 Å². The highest BCUT2D eigenvalue weighted by molar-refractivity contribution is 5.97. The molecular formula is C27H34N4O7. The Labute approximate surface area is 220 Å². The number of hydrazine groups is 1. The van der Waals surface area contributed by atoms with Crippen LogP contribution >= 0.6 is 0 Å². The molecule has 204 valence electrons. The molecule has 0 aliphatic rings. The molecular weight excluding hydrogens is 492 g/mol. The normalized spacial score (nSPS) is 11.3. The number of oxazole rings is 1. The van der Waals surface area contributed by atoms with Crippen molar-refractivity contribution >= 4 is 34.8 Å². The topological polar surface area (TPSA) is 132 Å². The third-order valence-electron chi connectivity index (χ3n) is 5.23. The molecule has 38 heavy (non-hydrogen) atoms. The Morgan fingerprint density at radius 1 is 1.08 bits per heavy atom. The Kier molecular flexibility index (Phi) is 9.30. The van der Waals surface area contributed by atoms with E-state index in [1.165, 1.54) is 15.6 Å². The maximum atomic E-state index is 13.2. The van der Waals surface area contributed by atoms with Crippen LogP contribution in [0.25, 0.3) is 11.1 Å². The second-order valence-corrected chi connectivity index (χ2v) is 9.56. The number of anilines is 1. The minimum Gasteiger partial charge on any atom is -0.459 e. The monoisotopic (exact) mass is 526 g/mol. The summed E-state index contributed by atoms with van der Waals surface area (Å²) in [4.78, 5) is 49.6. The summed E-state index contributed by atoms with van der Waals surface area (Å²) >= 11 is 0. The Morgan fingerprint density at radius 2 is 1.84 bits per heavy atom. The lowest BCUT2D eigenvalue weighted by Gasteiger charge is -2.24. The van der Waals surface area contributed by atoms with E-state index < -0.39 is 23.4 Å². The summed E-state index contributed by atoms with van der Waals surface area (Å²) in [7, 11) is 0. The molecule has 0 unspecified atom stereocenters. The van der Waals surface area contributed by atoms with Gasteiger partial charge >= 0.3 is 17.8 Å². The fraction of sp³-hybridized carbons (Fsp3) is 0.407. The van der Waals surface area contributed by atoms with E-state index in [-0.39, 0.29) is 31.2 Å². The van der Waals surface area contributed by atoms with Crippen LogP contribution in [0.5, 0.6) is 0 Å². The standard InChI is InChI=1S/C27H34N4O7/c1-6-13-31(28-16-23(32)38-27(3,4)5)24(33)19-11-12-21-22(15-19)37-26(35)30(21)17-18-9-8-10-20(14-18)29-25(34)36-7-2/h8-12,14-15,28H,6-7,13,16-17H2,1-5H3,(H,29,34). The summed E-state index contributed by atoms with van der Waals surface area (Å²) < 4.78 is 17.1. The van der Waals surface area contributed by atoms with E-state index in [4.69, 9.17) is 13.9 Å². The van der Waals surface area contributed by atoms with Gasteiger partial charge in [0, 0.05) is 17.8 Å². The van der Waals surface area contributed by atoms with Crippen LogP contribution in [0.4, 0.5) is 10.5 Å². The number of carbonyl (C=O) groups is 3. The number of carbonyl (C=O) groups excluding carboxylic acids is 3. The number of hydrogen-bond acceptors (Lipinski definition) is 8. The van der Waals surface area contributed by atoms with Gasteiger partial charge in [-0.2, -0.15) is 0 Å². The molecule has 3 rings (SSSR count). The van der Waals surface area contributed by atoms with Crippen LogP contribution < -0.4 is 16.5 Å². The van der Waals surface area contributed by atoms with Gasteiger partial charge in [0.2, 0.25) is 0 Å². The van der Waals surface area contributed by atoms with Crippen molar-refractivity contribution in [2.75, 3.05) is 25.0 Å². The molecule has 3 aromatic rings. The second kappa shape index (κ2) is 12.4. The van der Waals surface area contributed by atoms with Crippen LogP contribution in [0.3, 0.4) is 0 Å². The average molecular weight is 527 g/mol. The lowest BCUT2D eigenvalue weighted by molar-refractivity contribution is -0.154. The number of rotatable bonds is 10. The van der Waals surface area contributed by atoms with Crippen LogP contribution in [-0.4, -0.2) is 52.8 Å². The molecule has 11 nitrogen and oxygen atoms in total. The molecule has 0 saturated carbocycles. The largest absolute Gasteiger partial charge is 0.459 e. The summed E-state index contributed by atoms with van der Waals surface area (Å²) in [6.07, 6.45) is 0.0932. The van der Waals surface area contributed by atoms with Crippen molar-refractivity contribution in [1.82, 2.24) is 15.0 Å². The van der Waals surface area contributed by atoms with Crippen LogP contribution in [0.2, 0.25) is 0 Å². The fourth-order valence-corrected chi connectivity index (χ4v) is 3.73. The van der Waals surface area contributed by atoms with Gasteiger partial charge in [-0.15, -0.1) is 0 Å². The number of esters is 1. The van der Waals surface area contributed by atoms with Gasteiger partial charge in [0.05, 0.1) is 18.7 Å². The van der Waals surface area contributed by atoms with Gasteiger partial charge in [0.15, 0.2) is 5.58 Å². The number of nitrogens with zero attached hydrogens (tertiary/aromatic N) is 2. The predicted octanol–water partition coefficient (Wildman–Crippen LogP) is 3.91. The molecule has 0 spiro atoms. The van der Waals surface area contributed by atoms with E-state index in [1.54, 1.807) is 58.0 Å². The van der Waals surface area contributed by atoms with E-state index in [0.29, 0.717) is 29.7 Å².